The van der Waals surface area contributed by atoms with Gasteiger partial charge in [-0.05, 0) is 36.6 Å². The Hall–Kier alpha value is -2.58. The van der Waals surface area contributed by atoms with E-state index in [2.05, 4.69) is 10.2 Å². The van der Waals surface area contributed by atoms with Gasteiger partial charge in [0.1, 0.15) is 5.82 Å². The van der Waals surface area contributed by atoms with Crippen LogP contribution in [0.3, 0.4) is 0 Å². The van der Waals surface area contributed by atoms with Crippen LogP contribution < -0.4 is 5.73 Å². The molecule has 1 aromatic heterocycles. The molecule has 6 nitrogen and oxygen atoms in total. The topological polar surface area (TPSA) is 90.9 Å². The van der Waals surface area contributed by atoms with Gasteiger partial charge in [0.05, 0.1) is 11.8 Å². The first-order valence-electron chi connectivity index (χ1n) is 8.60. The van der Waals surface area contributed by atoms with Gasteiger partial charge in [-0.2, -0.15) is 0 Å². The van der Waals surface area contributed by atoms with Crippen LogP contribution in [-0.2, 0) is 28.6 Å². The fourth-order valence-electron chi connectivity index (χ4n) is 2.93. The number of hydrogen-bond donors (Lipinski definition) is 1. The maximum absolute atomic E-state index is 13.0. The molecule has 1 atom stereocenters. The molecule has 0 saturated carbocycles. The first-order chi connectivity index (χ1) is 12.9. The van der Waals surface area contributed by atoms with Crippen LogP contribution in [0.1, 0.15) is 29.9 Å². The van der Waals surface area contributed by atoms with E-state index in [4.69, 9.17) is 5.73 Å². The zero-order valence-electron chi connectivity index (χ0n) is 14.9. The second-order valence-electron chi connectivity index (χ2n) is 6.27. The third-order valence-electron chi connectivity index (χ3n) is 4.24. The molecule has 2 N–H and O–H groups in total. The Balaban J connectivity index is 1.87. The van der Waals surface area contributed by atoms with E-state index in [1.54, 1.807) is 0 Å². The lowest BCUT2D eigenvalue weighted by Gasteiger charge is -2.13. The number of halogens is 1. The number of rotatable bonds is 7. The molecule has 3 rings (SSSR count). The quantitative estimate of drug-likeness (QED) is 0.672. The van der Waals surface area contributed by atoms with Gasteiger partial charge in [0, 0.05) is 6.54 Å². The standard InChI is InChI=1S/C19H21FN4O2S/c1-2-24-18(17(21)12-14-6-4-3-5-7-14)22-23-19(24)27(25,26)13-15-8-10-16(20)11-9-15/h3-11,17H,2,12-13,21H2,1H3/t17-/m0/s1. The molecule has 27 heavy (non-hydrogen) atoms. The van der Waals surface area contributed by atoms with Gasteiger partial charge in [-0.25, -0.2) is 12.8 Å². The van der Waals surface area contributed by atoms with Gasteiger partial charge in [0.25, 0.3) is 0 Å². The lowest BCUT2D eigenvalue weighted by molar-refractivity contribution is 0.545. The zero-order chi connectivity index (χ0) is 19.4. The molecule has 0 aliphatic heterocycles. The molecular weight excluding hydrogens is 367 g/mol. The third kappa shape index (κ3) is 4.40. The van der Waals surface area contributed by atoms with Gasteiger partial charge >= 0.3 is 0 Å². The molecule has 0 fully saturated rings. The number of sulfone groups is 1. The number of nitrogens with zero attached hydrogens (tertiary/aromatic N) is 3. The minimum atomic E-state index is -3.74. The fourth-order valence-corrected chi connectivity index (χ4v) is 4.41. The smallest absolute Gasteiger partial charge is 0.250 e. The Morgan fingerprint density at radius 3 is 2.33 bits per heavy atom. The molecule has 142 valence electrons. The molecule has 0 saturated heterocycles. The van der Waals surface area contributed by atoms with Gasteiger partial charge in [0.2, 0.25) is 15.0 Å². The highest BCUT2D eigenvalue weighted by molar-refractivity contribution is 7.90. The zero-order valence-corrected chi connectivity index (χ0v) is 15.7. The van der Waals surface area contributed by atoms with E-state index >= 15 is 0 Å². The Bertz CT molecular complexity index is 1000. The van der Waals surface area contributed by atoms with Crippen LogP contribution in [-0.4, -0.2) is 23.2 Å². The summed E-state index contributed by atoms with van der Waals surface area (Å²) in [6.07, 6.45) is 0.525. The third-order valence-corrected chi connectivity index (χ3v) is 5.81. The molecule has 1 heterocycles. The average Bonchev–Trinajstić information content (AvgIpc) is 3.09. The van der Waals surface area contributed by atoms with Crippen molar-refractivity contribution in [3.63, 3.8) is 0 Å². The van der Waals surface area contributed by atoms with Crippen molar-refractivity contribution in [1.29, 1.82) is 0 Å². The van der Waals surface area contributed by atoms with E-state index in [1.165, 1.54) is 28.8 Å². The van der Waals surface area contributed by atoms with E-state index in [-0.39, 0.29) is 10.9 Å². The number of aromatic nitrogens is 3. The summed E-state index contributed by atoms with van der Waals surface area (Å²) in [6.45, 7) is 2.20. The summed E-state index contributed by atoms with van der Waals surface area (Å²) in [4.78, 5) is 0. The van der Waals surface area contributed by atoms with Crippen LogP contribution >= 0.6 is 0 Å². The highest BCUT2D eigenvalue weighted by Crippen LogP contribution is 2.21. The lowest BCUT2D eigenvalue weighted by atomic mass is 10.1. The molecule has 0 bridgehead atoms. The van der Waals surface area contributed by atoms with E-state index in [0.717, 1.165) is 5.56 Å². The Labute approximate surface area is 157 Å². The van der Waals surface area contributed by atoms with Crippen molar-refractivity contribution in [3.8, 4) is 0 Å². The summed E-state index contributed by atoms with van der Waals surface area (Å²) in [5.41, 5.74) is 7.79. The Morgan fingerprint density at radius 1 is 1.04 bits per heavy atom. The molecule has 0 aliphatic rings. The highest BCUT2D eigenvalue weighted by Gasteiger charge is 2.26. The Morgan fingerprint density at radius 2 is 1.70 bits per heavy atom. The maximum atomic E-state index is 13.0. The largest absolute Gasteiger partial charge is 0.321 e. The first kappa shape index (κ1) is 19.2. The van der Waals surface area contributed by atoms with Gasteiger partial charge in [-0.15, -0.1) is 10.2 Å². The van der Waals surface area contributed by atoms with Gasteiger partial charge in [0.15, 0.2) is 5.82 Å². The second-order valence-corrected chi connectivity index (χ2v) is 8.15. The van der Waals surface area contributed by atoms with Crippen LogP contribution in [0.2, 0.25) is 0 Å². The van der Waals surface area contributed by atoms with Crippen LogP contribution in [0.15, 0.2) is 59.8 Å². The van der Waals surface area contributed by atoms with Crippen molar-refractivity contribution >= 4 is 9.84 Å². The molecule has 0 radical (unpaired) electrons. The fraction of sp³-hybridized carbons (Fsp3) is 0.263. The monoisotopic (exact) mass is 388 g/mol. The molecule has 0 spiro atoms. The van der Waals surface area contributed by atoms with Gasteiger partial charge < -0.3 is 10.3 Å². The summed E-state index contributed by atoms with van der Waals surface area (Å²) >= 11 is 0. The predicted octanol–water partition coefficient (Wildman–Crippen LogP) is 2.65. The van der Waals surface area contributed by atoms with Crippen LogP contribution in [0, 0.1) is 5.82 Å². The summed E-state index contributed by atoms with van der Waals surface area (Å²) in [5, 5.41) is 7.84. The number of hydrogen-bond acceptors (Lipinski definition) is 5. The normalized spacial score (nSPS) is 12.9. The van der Waals surface area contributed by atoms with Crippen molar-refractivity contribution in [1.82, 2.24) is 14.8 Å². The molecule has 8 heteroatoms. The van der Waals surface area contributed by atoms with Crippen LogP contribution in [0.25, 0.3) is 0 Å². The van der Waals surface area contributed by atoms with Crippen molar-refractivity contribution < 1.29 is 12.8 Å². The number of benzene rings is 2. The SMILES string of the molecule is CCn1c([C@@H](N)Cc2ccccc2)nnc1S(=O)(=O)Cc1ccc(F)cc1. The molecule has 0 amide bonds. The van der Waals surface area contributed by atoms with Crippen molar-refractivity contribution in [2.45, 2.75) is 36.8 Å². The van der Waals surface area contributed by atoms with Crippen molar-refractivity contribution in [2.24, 2.45) is 5.73 Å². The minimum Gasteiger partial charge on any atom is -0.321 e. The van der Waals surface area contributed by atoms with E-state index < -0.39 is 21.7 Å². The predicted molar refractivity (Wildman–Crippen MR) is 100 cm³/mol. The van der Waals surface area contributed by atoms with Gasteiger partial charge in [-0.1, -0.05) is 42.5 Å². The van der Waals surface area contributed by atoms with Gasteiger partial charge in [-0.3, -0.25) is 0 Å². The van der Waals surface area contributed by atoms with E-state index in [0.29, 0.717) is 24.4 Å². The van der Waals surface area contributed by atoms with Crippen molar-refractivity contribution in [3.05, 3.63) is 77.4 Å². The lowest BCUT2D eigenvalue weighted by Crippen LogP contribution is -2.21. The molecule has 2 aromatic carbocycles. The molecule has 0 unspecified atom stereocenters. The molecule has 3 aromatic rings. The number of nitrogens with two attached hydrogens (primary N) is 1. The molecular formula is C19H21FN4O2S. The maximum Gasteiger partial charge on any atom is 0.250 e. The van der Waals surface area contributed by atoms with E-state index in [1.807, 2.05) is 37.3 Å². The summed E-state index contributed by atoms with van der Waals surface area (Å²) < 4.78 is 40.2. The highest BCUT2D eigenvalue weighted by atomic mass is 32.2. The molecule has 0 aliphatic carbocycles. The minimum absolute atomic E-state index is 0.118. The second kappa shape index (κ2) is 7.98. The summed E-state index contributed by atoms with van der Waals surface area (Å²) in [7, 11) is -3.74. The first-order valence-corrected chi connectivity index (χ1v) is 10.3. The van der Waals surface area contributed by atoms with E-state index in [9.17, 15) is 12.8 Å². The summed E-state index contributed by atoms with van der Waals surface area (Å²) in [5.74, 6) is -0.264. The van der Waals surface area contributed by atoms with Crippen LogP contribution in [0.5, 0.6) is 0 Å². The average molecular weight is 388 g/mol. The van der Waals surface area contributed by atoms with Crippen LogP contribution in [0.4, 0.5) is 4.39 Å². The van der Waals surface area contributed by atoms with Crippen molar-refractivity contribution in [2.75, 3.05) is 0 Å². The summed E-state index contributed by atoms with van der Waals surface area (Å²) in [6, 6.07) is 14.6. The Kier molecular flexibility index (Phi) is 5.67.